The number of amides is 1. The number of fused-ring (bicyclic) bond motifs is 1. The van der Waals surface area contributed by atoms with Crippen molar-refractivity contribution in [2.45, 2.75) is 6.92 Å². The van der Waals surface area contributed by atoms with Crippen molar-refractivity contribution in [1.29, 1.82) is 0 Å². The molecule has 2 aromatic carbocycles. The molecule has 2 N–H and O–H groups in total. The van der Waals surface area contributed by atoms with Crippen LogP contribution >= 0.6 is 0 Å². The fourth-order valence-corrected chi connectivity index (χ4v) is 2.68. The number of nitrogens with one attached hydrogen (secondary N) is 1. The number of aliphatic hydroxyl groups is 1. The summed E-state index contributed by atoms with van der Waals surface area (Å²) in [6.07, 6.45) is 0. The van der Waals surface area contributed by atoms with Gasteiger partial charge in [0.15, 0.2) is 5.78 Å². The van der Waals surface area contributed by atoms with Gasteiger partial charge in [0.25, 0.3) is 11.6 Å². The van der Waals surface area contributed by atoms with Crippen molar-refractivity contribution in [3.05, 3.63) is 80.9 Å². The molecule has 2 aromatic rings. The molecule has 0 unspecified atom stereocenters. The molecule has 1 amide bonds. The second kappa shape index (κ2) is 6.60. The first-order chi connectivity index (χ1) is 12.4. The Labute approximate surface area is 147 Å². The summed E-state index contributed by atoms with van der Waals surface area (Å²) in [4.78, 5) is 34.9. The van der Waals surface area contributed by atoms with E-state index >= 15 is 0 Å². The third-order valence-corrected chi connectivity index (χ3v) is 3.92. The number of ketones is 1. The third-order valence-electron chi connectivity index (χ3n) is 3.92. The van der Waals surface area contributed by atoms with Gasteiger partial charge in [0.05, 0.1) is 16.2 Å². The van der Waals surface area contributed by atoms with Crippen molar-refractivity contribution < 1.29 is 19.6 Å². The Hall–Kier alpha value is -3.81. The Bertz CT molecular complexity index is 1010. The van der Waals surface area contributed by atoms with Crippen LogP contribution in [-0.4, -0.2) is 27.4 Å². The lowest BCUT2D eigenvalue weighted by atomic mass is 10.1. The maximum absolute atomic E-state index is 12.4. The van der Waals surface area contributed by atoms with Crippen molar-refractivity contribution >= 4 is 28.8 Å². The molecule has 0 heterocycles. The summed E-state index contributed by atoms with van der Waals surface area (Å²) in [7, 11) is 0. The highest BCUT2D eigenvalue weighted by molar-refractivity contribution is 6.35. The molecule has 0 saturated heterocycles. The molecule has 0 bridgehead atoms. The summed E-state index contributed by atoms with van der Waals surface area (Å²) < 4.78 is 0. The lowest BCUT2D eigenvalue weighted by Gasteiger charge is -2.04. The van der Waals surface area contributed by atoms with E-state index in [1.807, 2.05) is 0 Å². The average molecular weight is 351 g/mol. The predicted molar refractivity (Wildman–Crippen MR) is 94.0 cm³/mol. The highest BCUT2D eigenvalue weighted by atomic mass is 16.6. The molecule has 0 saturated carbocycles. The van der Waals surface area contributed by atoms with Crippen molar-refractivity contribution in [3.63, 3.8) is 0 Å². The number of carbonyl (C=O) groups is 2. The van der Waals surface area contributed by atoms with Gasteiger partial charge < -0.3 is 5.11 Å². The highest BCUT2D eigenvalue weighted by Crippen LogP contribution is 2.31. The number of nitro groups is 1. The van der Waals surface area contributed by atoms with E-state index in [2.05, 4.69) is 10.5 Å². The van der Waals surface area contributed by atoms with E-state index in [0.29, 0.717) is 11.1 Å². The minimum atomic E-state index is -0.792. The number of hydrogen-bond donors (Lipinski definition) is 2. The monoisotopic (exact) mass is 351 g/mol. The molecule has 0 aliphatic heterocycles. The standard InChI is InChI=1S/C18H13N3O5/c1-10(15-16(22)11-6-2-3-7-12(11)17(15)23)19-20-18(24)13-8-4-5-9-14(13)21(25)26/h2-9,22H,1H3,(H,20,24)/b19-10+. The number of para-hydroxylation sites is 1. The quantitative estimate of drug-likeness (QED) is 0.498. The van der Waals surface area contributed by atoms with Gasteiger partial charge in [-0.2, -0.15) is 5.10 Å². The number of carbonyl (C=O) groups excluding carboxylic acids is 2. The molecule has 0 spiro atoms. The third kappa shape index (κ3) is 2.84. The minimum Gasteiger partial charge on any atom is -0.506 e. The van der Waals surface area contributed by atoms with Gasteiger partial charge in [-0.25, -0.2) is 5.43 Å². The molecule has 3 rings (SSSR count). The number of benzene rings is 2. The summed E-state index contributed by atoms with van der Waals surface area (Å²) in [6, 6.07) is 12.0. The average Bonchev–Trinajstić information content (AvgIpc) is 2.90. The fraction of sp³-hybridized carbons (Fsp3) is 0.0556. The van der Waals surface area contributed by atoms with E-state index in [4.69, 9.17) is 0 Å². The van der Waals surface area contributed by atoms with Gasteiger partial charge in [-0.15, -0.1) is 0 Å². The highest BCUT2D eigenvalue weighted by Gasteiger charge is 2.31. The summed E-state index contributed by atoms with van der Waals surface area (Å²) in [5.74, 6) is -1.41. The number of hydrazone groups is 1. The van der Waals surface area contributed by atoms with Gasteiger partial charge in [-0.3, -0.25) is 19.7 Å². The maximum atomic E-state index is 12.4. The number of nitro benzene ring substituents is 1. The number of allylic oxidation sites excluding steroid dienone is 1. The molecule has 0 aromatic heterocycles. The van der Waals surface area contributed by atoms with Crippen molar-refractivity contribution in [2.24, 2.45) is 5.10 Å². The Balaban J connectivity index is 1.87. The van der Waals surface area contributed by atoms with E-state index in [-0.39, 0.29) is 28.3 Å². The second-order valence-electron chi connectivity index (χ2n) is 5.51. The Morgan fingerprint density at radius 2 is 1.73 bits per heavy atom. The van der Waals surface area contributed by atoms with E-state index in [0.717, 1.165) is 0 Å². The van der Waals surface area contributed by atoms with Crippen LogP contribution in [-0.2, 0) is 0 Å². The molecule has 26 heavy (non-hydrogen) atoms. The van der Waals surface area contributed by atoms with Crippen LogP contribution in [0.3, 0.4) is 0 Å². The second-order valence-corrected chi connectivity index (χ2v) is 5.51. The Kier molecular flexibility index (Phi) is 4.32. The van der Waals surface area contributed by atoms with E-state index in [1.165, 1.54) is 31.2 Å². The van der Waals surface area contributed by atoms with Gasteiger partial charge in [0, 0.05) is 17.2 Å². The van der Waals surface area contributed by atoms with Crippen LogP contribution in [0, 0.1) is 10.1 Å². The number of Topliss-reactive ketones (excluding diaryl/α,β-unsaturated/α-hetero) is 1. The fourth-order valence-electron chi connectivity index (χ4n) is 2.68. The number of hydrogen-bond acceptors (Lipinski definition) is 6. The molecule has 130 valence electrons. The molecular weight excluding hydrogens is 338 g/mol. The van der Waals surface area contributed by atoms with Crippen LogP contribution < -0.4 is 5.43 Å². The number of rotatable bonds is 4. The molecule has 0 radical (unpaired) electrons. The summed E-state index contributed by atoms with van der Waals surface area (Å²) in [5.41, 5.74) is 2.49. The van der Waals surface area contributed by atoms with Crippen LogP contribution in [0.15, 0.2) is 59.2 Å². The lowest BCUT2D eigenvalue weighted by Crippen LogP contribution is -2.21. The maximum Gasteiger partial charge on any atom is 0.282 e. The van der Waals surface area contributed by atoms with Gasteiger partial charge >= 0.3 is 0 Å². The Morgan fingerprint density at radius 3 is 2.38 bits per heavy atom. The predicted octanol–water partition coefficient (Wildman–Crippen LogP) is 2.87. The molecule has 0 fully saturated rings. The largest absolute Gasteiger partial charge is 0.506 e. The zero-order chi connectivity index (χ0) is 18.8. The number of aliphatic hydroxyl groups excluding tert-OH is 1. The first kappa shape index (κ1) is 17.0. The zero-order valence-electron chi connectivity index (χ0n) is 13.6. The van der Waals surface area contributed by atoms with E-state index in [1.54, 1.807) is 24.3 Å². The van der Waals surface area contributed by atoms with Crippen LogP contribution in [0.4, 0.5) is 5.69 Å². The van der Waals surface area contributed by atoms with Gasteiger partial charge in [0.2, 0.25) is 0 Å². The van der Waals surface area contributed by atoms with Crippen LogP contribution in [0.2, 0.25) is 0 Å². The summed E-state index contributed by atoms with van der Waals surface area (Å²) >= 11 is 0. The Morgan fingerprint density at radius 1 is 1.12 bits per heavy atom. The van der Waals surface area contributed by atoms with Crippen molar-refractivity contribution in [2.75, 3.05) is 0 Å². The van der Waals surface area contributed by atoms with Gasteiger partial charge in [0.1, 0.15) is 11.3 Å². The minimum absolute atomic E-state index is 0.0194. The first-order valence-corrected chi connectivity index (χ1v) is 7.57. The summed E-state index contributed by atoms with van der Waals surface area (Å²) in [5, 5.41) is 25.1. The molecule has 1 aliphatic carbocycles. The number of nitrogens with zero attached hydrogens (tertiary/aromatic N) is 2. The van der Waals surface area contributed by atoms with Gasteiger partial charge in [-0.05, 0) is 13.0 Å². The molecular formula is C18H13N3O5. The molecule has 8 heteroatoms. The molecule has 1 aliphatic rings. The van der Waals surface area contributed by atoms with Crippen molar-refractivity contribution in [3.8, 4) is 0 Å². The van der Waals surface area contributed by atoms with Gasteiger partial charge in [-0.1, -0.05) is 36.4 Å². The molecule has 8 nitrogen and oxygen atoms in total. The van der Waals surface area contributed by atoms with Crippen LogP contribution in [0.1, 0.15) is 33.2 Å². The lowest BCUT2D eigenvalue weighted by molar-refractivity contribution is -0.385. The molecule has 0 atom stereocenters. The van der Waals surface area contributed by atoms with E-state index in [9.17, 15) is 24.8 Å². The topological polar surface area (TPSA) is 122 Å². The summed E-state index contributed by atoms with van der Waals surface area (Å²) in [6.45, 7) is 1.45. The van der Waals surface area contributed by atoms with Crippen LogP contribution in [0.5, 0.6) is 0 Å². The SMILES string of the molecule is C/C(=N\NC(=O)c1ccccc1[N+](=O)[O-])C1=C(O)c2ccccc2C1=O. The zero-order valence-corrected chi connectivity index (χ0v) is 13.6. The van der Waals surface area contributed by atoms with Crippen molar-refractivity contribution in [1.82, 2.24) is 5.43 Å². The van der Waals surface area contributed by atoms with E-state index < -0.39 is 16.6 Å². The first-order valence-electron chi connectivity index (χ1n) is 7.57. The normalized spacial score (nSPS) is 13.6. The smallest absolute Gasteiger partial charge is 0.282 e. The van der Waals surface area contributed by atoms with Crippen LogP contribution in [0.25, 0.3) is 5.76 Å².